The van der Waals surface area contributed by atoms with Crippen molar-refractivity contribution in [1.29, 1.82) is 0 Å². The molecule has 1 aromatic rings. The number of rotatable bonds is 7. The van der Waals surface area contributed by atoms with E-state index in [9.17, 15) is 9.59 Å². The first-order chi connectivity index (χ1) is 9.19. The van der Waals surface area contributed by atoms with Gasteiger partial charge in [-0.15, -0.1) is 5.10 Å². The summed E-state index contributed by atoms with van der Waals surface area (Å²) in [4.78, 5) is 24.5. The molecule has 0 atom stereocenters. The summed E-state index contributed by atoms with van der Waals surface area (Å²) in [5, 5.41) is 18.6. The van der Waals surface area contributed by atoms with Gasteiger partial charge in [-0.05, 0) is 19.5 Å². The standard InChI is InChI=1S/C12H21N5O3/c1-12(2,8-16(3)4)7-13-11(20)9-5-17(15-14-9)6-10(18)19/h5H,6-8H2,1-4H3,(H,13,20)(H,18,19). The van der Waals surface area contributed by atoms with Crippen molar-refractivity contribution in [2.45, 2.75) is 20.4 Å². The number of carbonyl (C=O) groups is 2. The third-order valence-corrected chi connectivity index (χ3v) is 2.54. The summed E-state index contributed by atoms with van der Waals surface area (Å²) in [7, 11) is 3.95. The molecule has 0 aliphatic carbocycles. The third kappa shape index (κ3) is 5.35. The van der Waals surface area contributed by atoms with Gasteiger partial charge in [-0.1, -0.05) is 19.1 Å². The molecular weight excluding hydrogens is 262 g/mol. The number of amides is 1. The molecule has 0 aromatic carbocycles. The van der Waals surface area contributed by atoms with Crippen molar-refractivity contribution in [1.82, 2.24) is 25.2 Å². The lowest BCUT2D eigenvalue weighted by Crippen LogP contribution is -2.40. The van der Waals surface area contributed by atoms with Crippen LogP contribution in [0.3, 0.4) is 0 Å². The van der Waals surface area contributed by atoms with Crippen molar-refractivity contribution in [3.63, 3.8) is 0 Å². The maximum atomic E-state index is 11.9. The minimum Gasteiger partial charge on any atom is -0.480 e. The second-order valence-electron chi connectivity index (χ2n) is 5.78. The van der Waals surface area contributed by atoms with Gasteiger partial charge in [0.25, 0.3) is 5.91 Å². The molecule has 20 heavy (non-hydrogen) atoms. The quantitative estimate of drug-likeness (QED) is 0.711. The van der Waals surface area contributed by atoms with Crippen LogP contribution >= 0.6 is 0 Å². The zero-order valence-corrected chi connectivity index (χ0v) is 12.3. The monoisotopic (exact) mass is 283 g/mol. The van der Waals surface area contributed by atoms with Gasteiger partial charge in [-0.3, -0.25) is 9.59 Å². The SMILES string of the molecule is CN(C)CC(C)(C)CNC(=O)c1cn(CC(=O)O)nn1. The number of aliphatic carboxylic acids is 1. The van der Waals surface area contributed by atoms with Gasteiger partial charge in [-0.25, -0.2) is 4.68 Å². The summed E-state index contributed by atoms with van der Waals surface area (Å²) in [6.45, 7) is 5.12. The maximum Gasteiger partial charge on any atom is 0.325 e. The first-order valence-corrected chi connectivity index (χ1v) is 6.24. The molecule has 0 aliphatic rings. The number of carboxylic acids is 1. The predicted molar refractivity (Wildman–Crippen MR) is 72.3 cm³/mol. The molecule has 2 N–H and O–H groups in total. The summed E-state index contributed by atoms with van der Waals surface area (Å²) in [6, 6.07) is 0. The Morgan fingerprint density at radius 3 is 2.65 bits per heavy atom. The highest BCUT2D eigenvalue weighted by atomic mass is 16.4. The molecule has 0 radical (unpaired) electrons. The Hall–Kier alpha value is -1.96. The minimum atomic E-state index is -1.03. The molecule has 0 fully saturated rings. The maximum absolute atomic E-state index is 11.9. The minimum absolute atomic E-state index is 0.0732. The van der Waals surface area contributed by atoms with Gasteiger partial charge in [0, 0.05) is 13.1 Å². The summed E-state index contributed by atoms with van der Waals surface area (Å²) in [6.07, 6.45) is 1.32. The average Bonchev–Trinajstić information content (AvgIpc) is 2.71. The Kier molecular flexibility index (Phi) is 5.20. The molecule has 0 saturated heterocycles. The van der Waals surface area contributed by atoms with E-state index in [1.165, 1.54) is 6.20 Å². The number of hydrogen-bond acceptors (Lipinski definition) is 5. The molecule has 8 nitrogen and oxygen atoms in total. The van der Waals surface area contributed by atoms with Gasteiger partial charge in [0.15, 0.2) is 5.69 Å². The molecule has 0 bridgehead atoms. The third-order valence-electron chi connectivity index (χ3n) is 2.54. The average molecular weight is 283 g/mol. The first-order valence-electron chi connectivity index (χ1n) is 6.24. The van der Waals surface area contributed by atoms with Crippen LogP contribution in [0.25, 0.3) is 0 Å². The van der Waals surface area contributed by atoms with Crippen LogP contribution in [-0.4, -0.2) is 64.1 Å². The van der Waals surface area contributed by atoms with Gasteiger partial charge in [0.1, 0.15) is 6.54 Å². The fourth-order valence-corrected chi connectivity index (χ4v) is 1.94. The molecule has 1 amide bonds. The number of nitrogens with zero attached hydrogens (tertiary/aromatic N) is 4. The summed E-state index contributed by atoms with van der Waals surface area (Å²) >= 11 is 0. The zero-order valence-electron chi connectivity index (χ0n) is 12.3. The molecule has 0 spiro atoms. The summed E-state index contributed by atoms with van der Waals surface area (Å²) < 4.78 is 1.11. The largest absolute Gasteiger partial charge is 0.480 e. The normalized spacial score (nSPS) is 11.7. The van der Waals surface area contributed by atoms with Crippen LogP contribution in [-0.2, 0) is 11.3 Å². The topological polar surface area (TPSA) is 100 Å². The lowest BCUT2D eigenvalue weighted by atomic mass is 9.93. The highest BCUT2D eigenvalue weighted by Crippen LogP contribution is 2.14. The first kappa shape index (κ1) is 16.1. The Balaban J connectivity index is 2.54. The van der Waals surface area contributed by atoms with Gasteiger partial charge >= 0.3 is 5.97 Å². The van der Waals surface area contributed by atoms with E-state index in [-0.39, 0.29) is 23.6 Å². The lowest BCUT2D eigenvalue weighted by Gasteiger charge is -2.28. The van der Waals surface area contributed by atoms with Crippen molar-refractivity contribution in [2.75, 3.05) is 27.2 Å². The van der Waals surface area contributed by atoms with Crippen molar-refractivity contribution in [2.24, 2.45) is 5.41 Å². The molecule has 0 unspecified atom stereocenters. The van der Waals surface area contributed by atoms with Crippen molar-refractivity contribution in [3.05, 3.63) is 11.9 Å². The van der Waals surface area contributed by atoms with Gasteiger partial charge in [-0.2, -0.15) is 0 Å². The van der Waals surface area contributed by atoms with E-state index in [1.54, 1.807) is 0 Å². The summed E-state index contributed by atoms with van der Waals surface area (Å²) in [5.74, 6) is -1.39. The van der Waals surface area contributed by atoms with E-state index >= 15 is 0 Å². The van der Waals surface area contributed by atoms with Crippen LogP contribution in [0.15, 0.2) is 6.20 Å². The molecule has 8 heteroatoms. The van der Waals surface area contributed by atoms with E-state index in [2.05, 4.69) is 34.4 Å². The van der Waals surface area contributed by atoms with Gasteiger partial charge in [0.2, 0.25) is 0 Å². The lowest BCUT2D eigenvalue weighted by molar-refractivity contribution is -0.137. The Morgan fingerprint density at radius 2 is 2.10 bits per heavy atom. The van der Waals surface area contributed by atoms with Crippen LogP contribution in [0.2, 0.25) is 0 Å². The van der Waals surface area contributed by atoms with Crippen molar-refractivity contribution >= 4 is 11.9 Å². The van der Waals surface area contributed by atoms with E-state index in [4.69, 9.17) is 5.11 Å². The van der Waals surface area contributed by atoms with Gasteiger partial charge in [0.05, 0.1) is 6.20 Å². The van der Waals surface area contributed by atoms with Crippen molar-refractivity contribution < 1.29 is 14.7 Å². The zero-order chi connectivity index (χ0) is 15.3. The van der Waals surface area contributed by atoms with E-state index in [1.807, 2.05) is 14.1 Å². The fourth-order valence-electron chi connectivity index (χ4n) is 1.94. The molecule has 1 aromatic heterocycles. The van der Waals surface area contributed by atoms with E-state index in [0.29, 0.717) is 6.54 Å². The van der Waals surface area contributed by atoms with E-state index < -0.39 is 5.97 Å². The molecule has 0 aliphatic heterocycles. The van der Waals surface area contributed by atoms with Crippen LogP contribution in [0.4, 0.5) is 0 Å². The molecular formula is C12H21N5O3. The molecule has 1 rings (SSSR count). The second-order valence-corrected chi connectivity index (χ2v) is 5.78. The Bertz CT molecular complexity index is 481. The predicted octanol–water partition coefficient (Wildman–Crippen LogP) is -0.320. The molecule has 112 valence electrons. The smallest absolute Gasteiger partial charge is 0.325 e. The van der Waals surface area contributed by atoms with Crippen molar-refractivity contribution in [3.8, 4) is 0 Å². The van der Waals surface area contributed by atoms with Crippen LogP contribution in [0, 0.1) is 5.41 Å². The van der Waals surface area contributed by atoms with E-state index in [0.717, 1.165) is 11.2 Å². The molecule has 1 heterocycles. The van der Waals surface area contributed by atoms with Crippen LogP contribution < -0.4 is 5.32 Å². The van der Waals surface area contributed by atoms with Crippen LogP contribution in [0.5, 0.6) is 0 Å². The highest BCUT2D eigenvalue weighted by molar-refractivity contribution is 5.91. The summed E-state index contributed by atoms with van der Waals surface area (Å²) in [5.41, 5.74) is 0.0443. The highest BCUT2D eigenvalue weighted by Gasteiger charge is 2.21. The number of nitrogens with one attached hydrogen (secondary N) is 1. The van der Waals surface area contributed by atoms with Crippen LogP contribution in [0.1, 0.15) is 24.3 Å². The second kappa shape index (κ2) is 6.47. The number of carboxylic acid groups (broad SMARTS) is 1. The number of aromatic nitrogens is 3. The Labute approximate surface area is 117 Å². The molecule has 0 saturated carbocycles. The number of hydrogen-bond donors (Lipinski definition) is 2. The number of carbonyl (C=O) groups excluding carboxylic acids is 1. The van der Waals surface area contributed by atoms with Gasteiger partial charge < -0.3 is 15.3 Å². The Morgan fingerprint density at radius 1 is 1.45 bits per heavy atom. The fraction of sp³-hybridized carbons (Fsp3) is 0.667.